The van der Waals surface area contributed by atoms with Gasteiger partial charge in [-0.15, -0.1) is 5.10 Å². The van der Waals surface area contributed by atoms with Crippen LogP contribution in [0.3, 0.4) is 0 Å². The van der Waals surface area contributed by atoms with Crippen LogP contribution >= 0.6 is 11.6 Å². The summed E-state index contributed by atoms with van der Waals surface area (Å²) in [5.41, 5.74) is 2.54. The Morgan fingerprint density at radius 1 is 0.842 bits per heavy atom. The molecule has 0 radical (unpaired) electrons. The molecule has 0 atom stereocenters. The van der Waals surface area contributed by atoms with Crippen molar-refractivity contribution in [2.24, 2.45) is 0 Å². The number of alkyl halides is 2. The topological polar surface area (TPSA) is 69.4 Å². The van der Waals surface area contributed by atoms with Crippen LogP contribution < -0.4 is 4.74 Å². The maximum atomic E-state index is 12.5. The monoisotopic (exact) mass is 535 g/mol. The third-order valence-corrected chi connectivity index (χ3v) is 6.48. The molecule has 0 amide bonds. The molecular weight excluding hydrogens is 512 g/mol. The zero-order valence-corrected chi connectivity index (χ0v) is 20.9. The van der Waals surface area contributed by atoms with Crippen LogP contribution in [0.1, 0.15) is 22.4 Å². The Kier molecular flexibility index (Phi) is 7.64. The highest BCUT2D eigenvalue weighted by molar-refractivity contribution is 6.30. The summed E-state index contributed by atoms with van der Waals surface area (Å²) < 4.78 is 37.1. The van der Waals surface area contributed by atoms with Gasteiger partial charge in [0.25, 0.3) is 0 Å². The van der Waals surface area contributed by atoms with Crippen molar-refractivity contribution >= 4 is 22.5 Å². The summed E-state index contributed by atoms with van der Waals surface area (Å²) in [6.45, 7) is -3.87. The lowest BCUT2D eigenvalue weighted by molar-refractivity contribution is -0.133. The van der Waals surface area contributed by atoms with Gasteiger partial charge < -0.3 is 14.6 Å². The van der Waals surface area contributed by atoms with Gasteiger partial charge in [-0.1, -0.05) is 103 Å². The van der Waals surface area contributed by atoms with E-state index in [0.717, 1.165) is 16.7 Å². The Morgan fingerprint density at radius 2 is 1.37 bits per heavy atom. The van der Waals surface area contributed by atoms with E-state index in [1.165, 1.54) is 0 Å². The highest BCUT2D eigenvalue weighted by Crippen LogP contribution is 2.44. The molecule has 5 aromatic rings. The SMILES string of the molecule is OCc1nc(Cl)cc2c1c(OCCOC(F)F)nn2C(c1ccccc1)(c1ccccc1)c1ccccc1. The molecule has 0 unspecified atom stereocenters. The number of rotatable bonds is 10. The molecule has 6 nitrogen and oxygen atoms in total. The van der Waals surface area contributed by atoms with Gasteiger partial charge in [-0.25, -0.2) is 9.67 Å². The number of hydrogen-bond donors (Lipinski definition) is 1. The zero-order valence-electron chi connectivity index (χ0n) is 20.2. The molecule has 0 spiro atoms. The largest absolute Gasteiger partial charge is 0.474 e. The minimum absolute atomic E-state index is 0.123. The number of benzene rings is 3. The summed E-state index contributed by atoms with van der Waals surface area (Å²) in [6, 6.07) is 31.3. The lowest BCUT2D eigenvalue weighted by Gasteiger charge is -2.36. The number of pyridine rings is 1. The molecule has 0 saturated carbocycles. The van der Waals surface area contributed by atoms with Gasteiger partial charge in [0.1, 0.15) is 17.3 Å². The van der Waals surface area contributed by atoms with Crippen molar-refractivity contribution in [1.82, 2.24) is 14.8 Å². The second kappa shape index (κ2) is 11.3. The van der Waals surface area contributed by atoms with E-state index in [2.05, 4.69) is 9.72 Å². The third kappa shape index (κ3) is 4.74. The molecule has 0 fully saturated rings. The maximum Gasteiger partial charge on any atom is 0.345 e. The molecule has 1 N–H and O–H groups in total. The molecule has 0 saturated heterocycles. The van der Waals surface area contributed by atoms with E-state index in [1.807, 2.05) is 91.0 Å². The van der Waals surface area contributed by atoms with Crippen LogP contribution in [0.25, 0.3) is 10.9 Å². The number of nitrogens with zero attached hydrogens (tertiary/aromatic N) is 3. The molecule has 2 heterocycles. The van der Waals surface area contributed by atoms with Crippen LogP contribution in [0.2, 0.25) is 5.15 Å². The molecular formula is C29H24ClF2N3O3. The van der Waals surface area contributed by atoms with E-state index >= 15 is 0 Å². The number of halogens is 3. The fourth-order valence-corrected chi connectivity index (χ4v) is 5.00. The number of aromatic nitrogens is 3. The zero-order chi connectivity index (χ0) is 26.5. The summed E-state index contributed by atoms with van der Waals surface area (Å²) in [5.74, 6) is 0.123. The van der Waals surface area contributed by atoms with Crippen LogP contribution in [0, 0.1) is 0 Å². The van der Waals surface area contributed by atoms with Gasteiger partial charge in [0.05, 0.1) is 29.8 Å². The normalized spacial score (nSPS) is 11.8. The fraction of sp³-hybridized carbons (Fsp3) is 0.172. The first-order valence-electron chi connectivity index (χ1n) is 11.9. The molecule has 5 rings (SSSR count). The highest BCUT2D eigenvalue weighted by atomic mass is 35.5. The Labute approximate surface area is 223 Å². The average molecular weight is 536 g/mol. The second-order valence-electron chi connectivity index (χ2n) is 8.45. The van der Waals surface area contributed by atoms with Gasteiger partial charge in [0.2, 0.25) is 5.88 Å². The minimum atomic E-state index is -2.91. The Morgan fingerprint density at radius 3 is 1.84 bits per heavy atom. The predicted octanol–water partition coefficient (Wildman–Crippen LogP) is 6.04. The van der Waals surface area contributed by atoms with Gasteiger partial charge >= 0.3 is 6.61 Å². The van der Waals surface area contributed by atoms with Crippen molar-refractivity contribution in [2.75, 3.05) is 13.2 Å². The lowest BCUT2D eigenvalue weighted by atomic mass is 9.77. The Hall–Kier alpha value is -3.85. The molecule has 3 aromatic carbocycles. The number of aliphatic hydroxyl groups is 1. The first-order valence-corrected chi connectivity index (χ1v) is 12.3. The van der Waals surface area contributed by atoms with E-state index in [9.17, 15) is 13.9 Å². The van der Waals surface area contributed by atoms with E-state index in [4.69, 9.17) is 21.4 Å². The van der Waals surface area contributed by atoms with Crippen molar-refractivity contribution in [1.29, 1.82) is 0 Å². The van der Waals surface area contributed by atoms with E-state index in [-0.39, 0.29) is 29.9 Å². The van der Waals surface area contributed by atoms with E-state index in [1.54, 1.807) is 10.7 Å². The molecule has 0 bridgehead atoms. The molecule has 0 aliphatic heterocycles. The minimum Gasteiger partial charge on any atom is -0.474 e. The molecule has 0 aliphatic carbocycles. The number of fused-ring (bicyclic) bond motifs is 1. The predicted molar refractivity (Wildman–Crippen MR) is 141 cm³/mol. The van der Waals surface area contributed by atoms with Crippen LogP contribution in [0.4, 0.5) is 8.78 Å². The fourth-order valence-electron chi connectivity index (χ4n) is 4.80. The molecule has 9 heteroatoms. The van der Waals surface area contributed by atoms with Gasteiger partial charge in [-0.05, 0) is 16.7 Å². The number of ether oxygens (including phenoxy) is 2. The van der Waals surface area contributed by atoms with Crippen molar-refractivity contribution in [3.63, 3.8) is 0 Å². The Balaban J connectivity index is 1.85. The molecule has 38 heavy (non-hydrogen) atoms. The Bertz CT molecular complexity index is 1400. The van der Waals surface area contributed by atoms with Crippen molar-refractivity contribution in [3.05, 3.63) is 125 Å². The van der Waals surface area contributed by atoms with Crippen LogP contribution in [0.15, 0.2) is 97.1 Å². The lowest BCUT2D eigenvalue weighted by Crippen LogP contribution is -2.38. The van der Waals surface area contributed by atoms with Crippen molar-refractivity contribution in [2.45, 2.75) is 18.8 Å². The molecule has 194 valence electrons. The van der Waals surface area contributed by atoms with Gasteiger partial charge in [0.15, 0.2) is 0 Å². The van der Waals surface area contributed by atoms with Gasteiger partial charge in [-0.3, -0.25) is 0 Å². The van der Waals surface area contributed by atoms with Crippen LogP contribution in [0.5, 0.6) is 5.88 Å². The van der Waals surface area contributed by atoms with E-state index < -0.39 is 18.8 Å². The quantitative estimate of drug-likeness (QED) is 0.134. The molecule has 0 aliphatic rings. The second-order valence-corrected chi connectivity index (χ2v) is 8.84. The average Bonchev–Trinajstić information content (AvgIpc) is 3.31. The molecule has 2 aromatic heterocycles. The first-order chi connectivity index (χ1) is 18.6. The standard InChI is InChI=1S/C29H24ClF2N3O3/c30-25-18-24-26(23(19-36)33-25)27(37-16-17-38-28(31)32)34-35(24)29(20-10-4-1-5-11-20,21-12-6-2-7-13-21)22-14-8-3-9-15-22/h1-15,18,28,36H,16-17,19H2. The van der Waals surface area contributed by atoms with Crippen LogP contribution in [-0.4, -0.2) is 39.7 Å². The summed E-state index contributed by atoms with van der Waals surface area (Å²) in [7, 11) is 0. The summed E-state index contributed by atoms with van der Waals surface area (Å²) in [4.78, 5) is 4.28. The maximum absolute atomic E-state index is 12.5. The first kappa shape index (κ1) is 25.8. The summed E-state index contributed by atoms with van der Waals surface area (Å²) in [6.07, 6.45) is 0. The smallest absolute Gasteiger partial charge is 0.345 e. The highest BCUT2D eigenvalue weighted by Gasteiger charge is 2.41. The van der Waals surface area contributed by atoms with Gasteiger partial charge in [0, 0.05) is 6.07 Å². The number of aliphatic hydroxyl groups excluding tert-OH is 1. The number of hydrogen-bond acceptors (Lipinski definition) is 5. The van der Waals surface area contributed by atoms with Gasteiger partial charge in [-0.2, -0.15) is 8.78 Å². The van der Waals surface area contributed by atoms with Crippen molar-refractivity contribution < 1.29 is 23.4 Å². The van der Waals surface area contributed by atoms with Crippen LogP contribution in [-0.2, 0) is 16.9 Å². The third-order valence-electron chi connectivity index (χ3n) is 6.28. The summed E-state index contributed by atoms with van der Waals surface area (Å²) >= 11 is 6.43. The summed E-state index contributed by atoms with van der Waals surface area (Å²) in [5, 5.41) is 15.7. The van der Waals surface area contributed by atoms with E-state index in [0.29, 0.717) is 10.9 Å². The van der Waals surface area contributed by atoms with Crippen molar-refractivity contribution in [3.8, 4) is 5.88 Å².